The van der Waals surface area contributed by atoms with E-state index in [1.807, 2.05) is 11.8 Å². The number of piperidine rings is 1. The second-order valence-corrected chi connectivity index (χ2v) is 8.80. The van der Waals surface area contributed by atoms with Crippen LogP contribution in [0.5, 0.6) is 5.75 Å². The molecule has 3 heterocycles. The summed E-state index contributed by atoms with van der Waals surface area (Å²) >= 11 is 0. The van der Waals surface area contributed by atoms with Gasteiger partial charge >= 0.3 is 0 Å². The SMILES string of the molecule is COc1cc(F)c2nc(N3CC[C@@H](NCC4CC4)[C@@H](F)C3)c(-c3nc(C)no3)c(C)c2c1. The molecule has 32 heavy (non-hydrogen) atoms. The Bertz CT molecular complexity index is 1150. The van der Waals surface area contributed by atoms with E-state index in [1.165, 1.54) is 26.0 Å². The number of halogens is 2. The molecule has 1 saturated heterocycles. The van der Waals surface area contributed by atoms with Crippen LogP contribution in [0.3, 0.4) is 0 Å². The zero-order valence-corrected chi connectivity index (χ0v) is 18.5. The Labute approximate surface area is 185 Å². The Morgan fingerprint density at radius 2 is 2.03 bits per heavy atom. The molecule has 0 bridgehead atoms. The molecule has 0 amide bonds. The summed E-state index contributed by atoms with van der Waals surface area (Å²) in [6.45, 7) is 5.22. The molecule has 5 rings (SSSR count). The molecule has 1 aromatic carbocycles. The van der Waals surface area contributed by atoms with E-state index < -0.39 is 12.0 Å². The minimum absolute atomic E-state index is 0.165. The van der Waals surface area contributed by atoms with Gasteiger partial charge in [-0.1, -0.05) is 5.16 Å². The van der Waals surface area contributed by atoms with Crippen molar-refractivity contribution in [1.82, 2.24) is 20.4 Å². The van der Waals surface area contributed by atoms with Crippen LogP contribution >= 0.6 is 0 Å². The van der Waals surface area contributed by atoms with Crippen LogP contribution in [0.4, 0.5) is 14.6 Å². The lowest BCUT2D eigenvalue weighted by atomic mass is 9.99. The first kappa shape index (κ1) is 21.1. The molecule has 0 unspecified atom stereocenters. The highest BCUT2D eigenvalue weighted by Gasteiger charge is 2.34. The Kier molecular flexibility index (Phi) is 5.44. The fourth-order valence-electron chi connectivity index (χ4n) is 4.41. The second kappa shape index (κ2) is 8.27. The lowest BCUT2D eigenvalue weighted by Crippen LogP contribution is -2.51. The van der Waals surface area contributed by atoms with Gasteiger partial charge < -0.3 is 19.5 Å². The normalized spacial score (nSPS) is 21.3. The fourth-order valence-corrected chi connectivity index (χ4v) is 4.41. The summed E-state index contributed by atoms with van der Waals surface area (Å²) in [4.78, 5) is 10.9. The molecular formula is C23H27F2N5O2. The Hall–Kier alpha value is -2.81. The minimum atomic E-state index is -1.06. The van der Waals surface area contributed by atoms with Crippen LogP contribution in [0.2, 0.25) is 0 Å². The summed E-state index contributed by atoms with van der Waals surface area (Å²) in [6, 6.07) is 2.87. The van der Waals surface area contributed by atoms with Crippen molar-refractivity contribution < 1.29 is 18.0 Å². The molecule has 1 saturated carbocycles. The van der Waals surface area contributed by atoms with Crippen LogP contribution in [0, 0.1) is 25.6 Å². The molecule has 0 spiro atoms. The molecule has 2 aromatic heterocycles. The summed E-state index contributed by atoms with van der Waals surface area (Å²) in [7, 11) is 1.49. The number of aryl methyl sites for hydroxylation is 2. The molecule has 2 fully saturated rings. The average Bonchev–Trinajstić information content (AvgIpc) is 3.51. The van der Waals surface area contributed by atoms with E-state index in [-0.39, 0.29) is 24.0 Å². The van der Waals surface area contributed by atoms with Crippen LogP contribution < -0.4 is 15.0 Å². The van der Waals surface area contributed by atoms with Gasteiger partial charge in [0.1, 0.15) is 23.3 Å². The molecule has 1 aliphatic heterocycles. The van der Waals surface area contributed by atoms with Gasteiger partial charge in [-0.05, 0) is 57.2 Å². The third-order valence-corrected chi connectivity index (χ3v) is 6.44. The van der Waals surface area contributed by atoms with Gasteiger partial charge in [0.15, 0.2) is 11.6 Å². The van der Waals surface area contributed by atoms with E-state index in [4.69, 9.17) is 9.26 Å². The van der Waals surface area contributed by atoms with Crippen molar-refractivity contribution in [1.29, 1.82) is 0 Å². The van der Waals surface area contributed by atoms with Crippen molar-refractivity contribution in [3.05, 3.63) is 29.3 Å². The summed E-state index contributed by atoms with van der Waals surface area (Å²) in [6.07, 6.45) is 2.04. The number of hydrogen-bond acceptors (Lipinski definition) is 7. The molecule has 0 radical (unpaired) electrons. The number of pyridine rings is 1. The number of nitrogens with one attached hydrogen (secondary N) is 1. The molecule has 2 atom stereocenters. The molecular weight excluding hydrogens is 416 g/mol. The largest absolute Gasteiger partial charge is 0.497 e. The Balaban J connectivity index is 1.56. The van der Waals surface area contributed by atoms with Crippen molar-refractivity contribution in [3.8, 4) is 17.2 Å². The number of rotatable bonds is 6. The lowest BCUT2D eigenvalue weighted by molar-refractivity contribution is 0.218. The predicted octanol–water partition coefficient (Wildman–Crippen LogP) is 3.97. The van der Waals surface area contributed by atoms with Gasteiger partial charge in [0.2, 0.25) is 0 Å². The van der Waals surface area contributed by atoms with Gasteiger partial charge in [-0.3, -0.25) is 0 Å². The van der Waals surface area contributed by atoms with Crippen molar-refractivity contribution in [2.24, 2.45) is 5.92 Å². The highest BCUT2D eigenvalue weighted by molar-refractivity contribution is 5.93. The van der Waals surface area contributed by atoms with E-state index in [0.29, 0.717) is 47.2 Å². The second-order valence-electron chi connectivity index (χ2n) is 8.80. The molecule has 2 aliphatic rings. The maximum Gasteiger partial charge on any atom is 0.261 e. The Morgan fingerprint density at radius 3 is 2.69 bits per heavy atom. The van der Waals surface area contributed by atoms with Crippen molar-refractivity contribution in [2.45, 2.75) is 45.3 Å². The average molecular weight is 443 g/mol. The maximum absolute atomic E-state index is 15.1. The van der Waals surface area contributed by atoms with Crippen LogP contribution in [0.25, 0.3) is 22.4 Å². The predicted molar refractivity (Wildman–Crippen MR) is 117 cm³/mol. The zero-order chi connectivity index (χ0) is 22.4. The number of hydrogen-bond donors (Lipinski definition) is 1. The van der Waals surface area contributed by atoms with Crippen molar-refractivity contribution in [3.63, 3.8) is 0 Å². The van der Waals surface area contributed by atoms with E-state index in [2.05, 4.69) is 20.4 Å². The summed E-state index contributed by atoms with van der Waals surface area (Å²) in [5.74, 6) is 1.83. The summed E-state index contributed by atoms with van der Waals surface area (Å²) in [5, 5.41) is 7.88. The topological polar surface area (TPSA) is 76.3 Å². The van der Waals surface area contributed by atoms with E-state index in [1.54, 1.807) is 13.0 Å². The first-order chi connectivity index (χ1) is 15.4. The number of methoxy groups -OCH3 is 1. The number of fused-ring (bicyclic) bond motifs is 1. The lowest BCUT2D eigenvalue weighted by Gasteiger charge is -2.37. The number of alkyl halides is 1. The van der Waals surface area contributed by atoms with Crippen molar-refractivity contribution >= 4 is 16.7 Å². The quantitative estimate of drug-likeness (QED) is 0.618. The first-order valence-corrected chi connectivity index (χ1v) is 11.1. The first-order valence-electron chi connectivity index (χ1n) is 11.1. The minimum Gasteiger partial charge on any atom is -0.497 e. The molecule has 1 N–H and O–H groups in total. The molecule has 170 valence electrons. The van der Waals surface area contributed by atoms with E-state index in [0.717, 1.165) is 12.1 Å². The number of aromatic nitrogens is 3. The van der Waals surface area contributed by atoms with Crippen LogP contribution in [0.1, 0.15) is 30.7 Å². The van der Waals surface area contributed by atoms with Crippen molar-refractivity contribution in [2.75, 3.05) is 31.6 Å². The summed E-state index contributed by atoms with van der Waals surface area (Å²) < 4.78 is 40.7. The highest BCUT2D eigenvalue weighted by atomic mass is 19.1. The number of benzene rings is 1. The molecule has 3 aromatic rings. The Morgan fingerprint density at radius 1 is 1.22 bits per heavy atom. The van der Waals surface area contributed by atoms with Crippen LogP contribution in [0.15, 0.2) is 16.7 Å². The van der Waals surface area contributed by atoms with Crippen LogP contribution in [-0.4, -0.2) is 54.1 Å². The third kappa shape index (κ3) is 3.90. The monoisotopic (exact) mass is 443 g/mol. The highest BCUT2D eigenvalue weighted by Crippen LogP contribution is 2.39. The van der Waals surface area contributed by atoms with Gasteiger partial charge in [0.25, 0.3) is 5.89 Å². The van der Waals surface area contributed by atoms with E-state index in [9.17, 15) is 4.39 Å². The van der Waals surface area contributed by atoms with Gasteiger partial charge in [-0.25, -0.2) is 13.8 Å². The van der Waals surface area contributed by atoms with Crippen LogP contribution in [-0.2, 0) is 0 Å². The fraction of sp³-hybridized carbons (Fsp3) is 0.522. The van der Waals surface area contributed by atoms with Gasteiger partial charge in [0, 0.05) is 24.0 Å². The standard InChI is InChI=1S/C23H27F2N5O2/c1-12-16-8-15(31-3)9-17(24)21(16)28-22(20(12)23-27-13(2)29-32-23)30-7-6-19(18(25)11-30)26-10-14-4-5-14/h8-9,14,18-19,26H,4-7,10-11H2,1-3H3/t18-,19+/m0/s1. The summed E-state index contributed by atoms with van der Waals surface area (Å²) in [5.41, 5.74) is 1.54. The number of anilines is 1. The van der Waals surface area contributed by atoms with E-state index >= 15 is 4.39 Å². The van der Waals surface area contributed by atoms with Gasteiger partial charge in [-0.15, -0.1) is 0 Å². The third-order valence-electron chi connectivity index (χ3n) is 6.44. The zero-order valence-electron chi connectivity index (χ0n) is 18.5. The molecule has 1 aliphatic carbocycles. The van der Waals surface area contributed by atoms with Gasteiger partial charge in [0.05, 0.1) is 19.2 Å². The smallest absolute Gasteiger partial charge is 0.261 e. The molecule has 7 nitrogen and oxygen atoms in total. The molecule has 9 heteroatoms. The number of nitrogens with zero attached hydrogens (tertiary/aromatic N) is 4. The van der Waals surface area contributed by atoms with Gasteiger partial charge in [-0.2, -0.15) is 4.98 Å². The number of ether oxygens (including phenoxy) is 1. The maximum atomic E-state index is 15.1.